The molecule has 1 saturated heterocycles. The van der Waals surface area contributed by atoms with Crippen molar-refractivity contribution in [3.05, 3.63) is 0 Å². The average molecular weight is 286 g/mol. The summed E-state index contributed by atoms with van der Waals surface area (Å²) in [6.07, 6.45) is 9.02. The maximum Gasteiger partial charge on any atom is 0.334 e. The molecule has 0 amide bonds. The highest BCUT2D eigenvalue weighted by molar-refractivity contribution is 6.66. The van der Waals surface area contributed by atoms with Crippen molar-refractivity contribution in [3.63, 3.8) is 0 Å². The minimum atomic E-state index is -1.94. The zero-order chi connectivity index (χ0) is 13.9. The van der Waals surface area contributed by atoms with Gasteiger partial charge in [-0.15, -0.1) is 0 Å². The summed E-state index contributed by atoms with van der Waals surface area (Å²) in [5, 5.41) is 0. The Kier molecular flexibility index (Phi) is 5.46. The summed E-state index contributed by atoms with van der Waals surface area (Å²) in [5.74, 6) is 1.59. The van der Waals surface area contributed by atoms with Crippen LogP contribution in [0.25, 0.3) is 0 Å². The molecule has 0 bridgehead atoms. The van der Waals surface area contributed by atoms with Gasteiger partial charge < -0.3 is 13.6 Å². The van der Waals surface area contributed by atoms with Crippen molar-refractivity contribution in [2.75, 3.05) is 14.2 Å². The van der Waals surface area contributed by atoms with Crippen molar-refractivity contribution in [2.45, 2.75) is 70.2 Å². The summed E-state index contributed by atoms with van der Waals surface area (Å²) >= 11 is 0. The lowest BCUT2D eigenvalue weighted by molar-refractivity contribution is 0.208. The van der Waals surface area contributed by atoms with Gasteiger partial charge >= 0.3 is 8.56 Å². The van der Waals surface area contributed by atoms with E-state index < -0.39 is 8.56 Å². The summed E-state index contributed by atoms with van der Waals surface area (Å²) in [6, 6.07) is 1.14. The van der Waals surface area contributed by atoms with E-state index in [0.717, 1.165) is 17.9 Å². The molecule has 0 aromatic carbocycles. The Bertz CT molecular complexity index is 281. The van der Waals surface area contributed by atoms with Gasteiger partial charge in [-0.25, -0.2) is 0 Å². The van der Waals surface area contributed by atoms with Gasteiger partial charge in [0.25, 0.3) is 0 Å². The molecule has 112 valence electrons. The molecule has 4 heteroatoms. The molecule has 2 rings (SSSR count). The van der Waals surface area contributed by atoms with Crippen LogP contribution in [0.5, 0.6) is 0 Å². The third kappa shape index (κ3) is 4.03. The fourth-order valence-electron chi connectivity index (χ4n) is 3.56. The van der Waals surface area contributed by atoms with Crippen LogP contribution in [0.3, 0.4) is 0 Å². The lowest BCUT2D eigenvalue weighted by Crippen LogP contribution is -2.40. The minimum Gasteiger partial charge on any atom is -0.398 e. The van der Waals surface area contributed by atoms with Crippen LogP contribution in [0, 0.1) is 11.8 Å². The van der Waals surface area contributed by atoms with Crippen molar-refractivity contribution < 1.29 is 13.6 Å². The third-order valence-corrected chi connectivity index (χ3v) is 8.13. The maximum absolute atomic E-state index is 5.71. The van der Waals surface area contributed by atoms with Gasteiger partial charge in [0.2, 0.25) is 0 Å². The van der Waals surface area contributed by atoms with Gasteiger partial charge in [0.15, 0.2) is 0 Å². The SMILES string of the molecule is CCCCC(C[Si](C)(OC)OC)C1CCC2OC2C1. The number of unbranched alkanes of at least 4 members (excludes halogenated alkanes) is 1. The molecule has 0 aromatic heterocycles. The van der Waals surface area contributed by atoms with E-state index in [4.69, 9.17) is 13.6 Å². The Hall–Kier alpha value is 0.0969. The molecule has 1 aliphatic heterocycles. The maximum atomic E-state index is 5.71. The summed E-state index contributed by atoms with van der Waals surface area (Å²) in [5.41, 5.74) is 0. The Morgan fingerprint density at radius 1 is 1.21 bits per heavy atom. The van der Waals surface area contributed by atoms with E-state index in [9.17, 15) is 0 Å². The number of hydrogen-bond donors (Lipinski definition) is 0. The molecule has 0 radical (unpaired) electrons. The van der Waals surface area contributed by atoms with E-state index in [1.165, 1.54) is 38.5 Å². The molecule has 0 N–H and O–H groups in total. The van der Waals surface area contributed by atoms with Crippen LogP contribution in [-0.4, -0.2) is 35.0 Å². The molecule has 0 aromatic rings. The van der Waals surface area contributed by atoms with Crippen molar-refractivity contribution in [3.8, 4) is 0 Å². The average Bonchev–Trinajstić information content (AvgIpc) is 3.21. The Balaban J connectivity index is 1.93. The van der Waals surface area contributed by atoms with Gasteiger partial charge in [0.05, 0.1) is 12.2 Å². The van der Waals surface area contributed by atoms with Crippen LogP contribution in [-0.2, 0) is 13.6 Å². The van der Waals surface area contributed by atoms with E-state index in [2.05, 4.69) is 13.5 Å². The molecule has 4 unspecified atom stereocenters. The highest BCUT2D eigenvalue weighted by Crippen LogP contribution is 2.45. The van der Waals surface area contributed by atoms with Crippen LogP contribution in [0.1, 0.15) is 45.4 Å². The lowest BCUT2D eigenvalue weighted by Gasteiger charge is -2.34. The number of epoxide rings is 1. The number of fused-ring (bicyclic) bond motifs is 1. The predicted octanol–water partition coefficient (Wildman–Crippen LogP) is 3.73. The smallest absolute Gasteiger partial charge is 0.334 e. The molecule has 0 spiro atoms. The molecule has 1 aliphatic carbocycles. The fourth-order valence-corrected chi connectivity index (χ4v) is 5.55. The minimum absolute atomic E-state index is 0.584. The third-order valence-electron chi connectivity index (χ3n) is 5.14. The van der Waals surface area contributed by atoms with Gasteiger partial charge in [-0.1, -0.05) is 26.2 Å². The summed E-state index contributed by atoms with van der Waals surface area (Å²) in [6.45, 7) is 4.48. The van der Waals surface area contributed by atoms with E-state index in [0.29, 0.717) is 12.2 Å². The second-order valence-corrected chi connectivity index (χ2v) is 9.93. The second-order valence-electron chi connectivity index (χ2n) is 6.43. The molecule has 1 saturated carbocycles. The van der Waals surface area contributed by atoms with Crippen LogP contribution in [0.15, 0.2) is 0 Å². The first kappa shape index (κ1) is 15.5. The van der Waals surface area contributed by atoms with E-state index in [1.807, 2.05) is 14.2 Å². The van der Waals surface area contributed by atoms with E-state index >= 15 is 0 Å². The molecule has 2 aliphatic rings. The van der Waals surface area contributed by atoms with Crippen LogP contribution in [0.2, 0.25) is 12.6 Å². The Morgan fingerprint density at radius 2 is 1.95 bits per heavy atom. The van der Waals surface area contributed by atoms with Gasteiger partial charge in [0, 0.05) is 14.2 Å². The first-order valence-electron chi connectivity index (χ1n) is 7.87. The second kappa shape index (κ2) is 6.70. The van der Waals surface area contributed by atoms with Crippen LogP contribution < -0.4 is 0 Å². The normalized spacial score (nSPS) is 31.9. The van der Waals surface area contributed by atoms with Crippen molar-refractivity contribution in [1.82, 2.24) is 0 Å². The number of ether oxygens (including phenoxy) is 1. The van der Waals surface area contributed by atoms with Crippen LogP contribution in [0.4, 0.5) is 0 Å². The van der Waals surface area contributed by atoms with Crippen LogP contribution >= 0.6 is 0 Å². The Morgan fingerprint density at radius 3 is 2.53 bits per heavy atom. The Labute approximate surface area is 119 Å². The van der Waals surface area contributed by atoms with Gasteiger partial charge in [-0.2, -0.15) is 0 Å². The van der Waals surface area contributed by atoms with E-state index in [1.54, 1.807) is 0 Å². The molecular formula is C15H30O3Si. The first-order chi connectivity index (χ1) is 9.11. The summed E-state index contributed by atoms with van der Waals surface area (Å²) in [7, 11) is 1.68. The van der Waals surface area contributed by atoms with Crippen molar-refractivity contribution in [2.24, 2.45) is 11.8 Å². The zero-order valence-electron chi connectivity index (χ0n) is 13.0. The predicted molar refractivity (Wildman–Crippen MR) is 79.5 cm³/mol. The summed E-state index contributed by atoms with van der Waals surface area (Å²) in [4.78, 5) is 0. The highest BCUT2D eigenvalue weighted by atomic mass is 28.4. The van der Waals surface area contributed by atoms with Crippen molar-refractivity contribution >= 4 is 8.56 Å². The monoisotopic (exact) mass is 286 g/mol. The molecule has 3 nitrogen and oxygen atoms in total. The molecule has 4 atom stereocenters. The quantitative estimate of drug-likeness (QED) is 0.503. The highest BCUT2D eigenvalue weighted by Gasteiger charge is 2.46. The molecule has 19 heavy (non-hydrogen) atoms. The molecule has 1 heterocycles. The zero-order valence-corrected chi connectivity index (χ0v) is 14.0. The van der Waals surface area contributed by atoms with Gasteiger partial charge in [-0.3, -0.25) is 0 Å². The lowest BCUT2D eigenvalue weighted by atomic mass is 9.79. The molecular weight excluding hydrogens is 256 g/mol. The largest absolute Gasteiger partial charge is 0.398 e. The van der Waals surface area contributed by atoms with Gasteiger partial charge in [0.1, 0.15) is 0 Å². The fraction of sp³-hybridized carbons (Fsp3) is 1.00. The summed E-state index contributed by atoms with van der Waals surface area (Å²) < 4.78 is 17.1. The van der Waals surface area contributed by atoms with Crippen molar-refractivity contribution in [1.29, 1.82) is 0 Å². The number of rotatable bonds is 8. The number of hydrogen-bond acceptors (Lipinski definition) is 3. The van der Waals surface area contributed by atoms with Gasteiger partial charge in [-0.05, 0) is 43.7 Å². The topological polar surface area (TPSA) is 31.0 Å². The molecule has 2 fully saturated rings. The standard InChI is InChI=1S/C15H30O3Si/c1-5-6-7-13(11-19(4,16-2)17-3)12-8-9-14-15(10-12)18-14/h12-15H,5-11H2,1-4H3. The first-order valence-corrected chi connectivity index (χ1v) is 10.4. The van der Waals surface area contributed by atoms with E-state index in [-0.39, 0.29) is 0 Å².